The van der Waals surface area contributed by atoms with Gasteiger partial charge in [0.15, 0.2) is 0 Å². The fourth-order valence-corrected chi connectivity index (χ4v) is 2.34. The number of aryl methyl sites for hydroxylation is 1. The summed E-state index contributed by atoms with van der Waals surface area (Å²) in [5.74, 6) is 0.720. The average molecular weight is 297 g/mol. The smallest absolute Gasteiger partial charge is 0.226 e. The summed E-state index contributed by atoms with van der Waals surface area (Å²) in [5.41, 5.74) is 2.54. The summed E-state index contributed by atoms with van der Waals surface area (Å²) >= 11 is 0. The molecular weight excluding hydrogens is 272 g/mol. The maximum Gasteiger partial charge on any atom is 0.226 e. The van der Waals surface area contributed by atoms with E-state index in [-0.39, 0.29) is 30.3 Å². The summed E-state index contributed by atoms with van der Waals surface area (Å²) < 4.78 is 0. The minimum absolute atomic E-state index is 0. The number of hydrogen-bond acceptors (Lipinski definition) is 2. The molecule has 1 aromatic carbocycles. The van der Waals surface area contributed by atoms with Gasteiger partial charge in [-0.05, 0) is 23.5 Å². The molecule has 1 atom stereocenters. The van der Waals surface area contributed by atoms with Crippen molar-refractivity contribution in [3.63, 3.8) is 0 Å². The second kappa shape index (κ2) is 7.65. The van der Waals surface area contributed by atoms with Crippen LogP contribution in [0.3, 0.4) is 0 Å². The fourth-order valence-electron chi connectivity index (χ4n) is 2.34. The Labute approximate surface area is 127 Å². The van der Waals surface area contributed by atoms with E-state index in [0.717, 1.165) is 19.5 Å². The molecule has 0 aliphatic carbocycles. The molecule has 1 unspecified atom stereocenters. The number of rotatable bonds is 5. The maximum absolute atomic E-state index is 12.1. The third-order valence-electron chi connectivity index (χ3n) is 3.86. The summed E-state index contributed by atoms with van der Waals surface area (Å²) in [5, 5.41) is 6.33. The van der Waals surface area contributed by atoms with Gasteiger partial charge in [0.05, 0.1) is 12.0 Å². The number of carbonyl (C=O) groups is 1. The Bertz CT molecular complexity index is 427. The van der Waals surface area contributed by atoms with Crippen molar-refractivity contribution in [2.75, 3.05) is 13.1 Å². The Morgan fingerprint density at radius 2 is 1.90 bits per heavy atom. The minimum Gasteiger partial charge on any atom is -0.349 e. The van der Waals surface area contributed by atoms with Crippen LogP contribution in [0, 0.1) is 11.8 Å². The lowest BCUT2D eigenvalue weighted by atomic mass is 9.93. The Hall–Kier alpha value is -1.06. The first-order valence-electron chi connectivity index (χ1n) is 7.21. The van der Waals surface area contributed by atoms with Crippen molar-refractivity contribution >= 4 is 18.3 Å². The van der Waals surface area contributed by atoms with Crippen molar-refractivity contribution in [2.24, 2.45) is 11.8 Å². The molecule has 1 saturated heterocycles. The third-order valence-corrected chi connectivity index (χ3v) is 3.86. The van der Waals surface area contributed by atoms with E-state index in [1.165, 1.54) is 11.1 Å². The molecule has 2 N–H and O–H groups in total. The van der Waals surface area contributed by atoms with Crippen molar-refractivity contribution in [2.45, 2.75) is 33.2 Å². The van der Waals surface area contributed by atoms with Crippen molar-refractivity contribution in [1.29, 1.82) is 0 Å². The normalized spacial score (nSPS) is 16.2. The van der Waals surface area contributed by atoms with Crippen LogP contribution in [0.1, 0.15) is 37.9 Å². The van der Waals surface area contributed by atoms with E-state index in [1.54, 1.807) is 0 Å². The number of amides is 1. The molecule has 0 spiro atoms. The fraction of sp³-hybridized carbons (Fsp3) is 0.562. The zero-order valence-electron chi connectivity index (χ0n) is 12.5. The molecule has 20 heavy (non-hydrogen) atoms. The molecule has 0 saturated carbocycles. The third kappa shape index (κ3) is 3.97. The van der Waals surface area contributed by atoms with Crippen LogP contribution in [0.4, 0.5) is 0 Å². The molecule has 1 amide bonds. The van der Waals surface area contributed by atoms with Gasteiger partial charge in [-0.25, -0.2) is 0 Å². The van der Waals surface area contributed by atoms with E-state index < -0.39 is 0 Å². The number of carbonyl (C=O) groups excluding carboxylic acids is 1. The summed E-state index contributed by atoms with van der Waals surface area (Å²) in [4.78, 5) is 12.1. The maximum atomic E-state index is 12.1. The van der Waals surface area contributed by atoms with Gasteiger partial charge in [0.1, 0.15) is 0 Å². The van der Waals surface area contributed by atoms with Crippen LogP contribution in [-0.2, 0) is 11.2 Å². The highest BCUT2D eigenvalue weighted by Crippen LogP contribution is 2.23. The van der Waals surface area contributed by atoms with E-state index in [4.69, 9.17) is 0 Å². The number of benzene rings is 1. The van der Waals surface area contributed by atoms with Crippen LogP contribution in [-0.4, -0.2) is 19.0 Å². The van der Waals surface area contributed by atoms with E-state index in [1.807, 2.05) is 0 Å². The van der Waals surface area contributed by atoms with Gasteiger partial charge in [-0.3, -0.25) is 4.79 Å². The van der Waals surface area contributed by atoms with Crippen LogP contribution in [0.2, 0.25) is 0 Å². The number of halogens is 1. The monoisotopic (exact) mass is 296 g/mol. The van der Waals surface area contributed by atoms with E-state index in [2.05, 4.69) is 55.7 Å². The topological polar surface area (TPSA) is 41.1 Å². The molecular formula is C16H25ClN2O. The van der Waals surface area contributed by atoms with Gasteiger partial charge in [0.25, 0.3) is 0 Å². The molecule has 1 heterocycles. The van der Waals surface area contributed by atoms with Gasteiger partial charge < -0.3 is 10.6 Å². The van der Waals surface area contributed by atoms with Crippen molar-refractivity contribution in [3.05, 3.63) is 35.4 Å². The predicted molar refractivity (Wildman–Crippen MR) is 85.1 cm³/mol. The molecule has 2 rings (SSSR count). The van der Waals surface area contributed by atoms with Crippen LogP contribution in [0.25, 0.3) is 0 Å². The zero-order valence-corrected chi connectivity index (χ0v) is 13.3. The molecule has 112 valence electrons. The largest absolute Gasteiger partial charge is 0.349 e. The molecule has 1 aromatic rings. The zero-order chi connectivity index (χ0) is 13.8. The molecule has 0 aromatic heterocycles. The second-order valence-electron chi connectivity index (χ2n) is 5.68. The van der Waals surface area contributed by atoms with Gasteiger partial charge in [-0.1, -0.05) is 45.0 Å². The second-order valence-corrected chi connectivity index (χ2v) is 5.68. The summed E-state index contributed by atoms with van der Waals surface area (Å²) in [6.07, 6.45) is 1.05. The minimum atomic E-state index is 0. The Kier molecular flexibility index (Phi) is 6.50. The van der Waals surface area contributed by atoms with Gasteiger partial charge in [0.2, 0.25) is 5.91 Å². The summed E-state index contributed by atoms with van der Waals surface area (Å²) in [6.45, 7) is 8.08. The first-order valence-corrected chi connectivity index (χ1v) is 7.21. The molecule has 0 bridgehead atoms. The van der Waals surface area contributed by atoms with E-state index >= 15 is 0 Å². The highest BCUT2D eigenvalue weighted by molar-refractivity contribution is 5.85. The standard InChI is InChI=1S/C16H24N2O.ClH/c1-4-12-5-7-13(8-6-12)15(11(2)3)18-16(19)14-9-17-10-14;/h5-8,11,14-15,17H,4,9-10H2,1-3H3,(H,18,19);1H. The Balaban J connectivity index is 0.00000200. The summed E-state index contributed by atoms with van der Waals surface area (Å²) in [7, 11) is 0. The summed E-state index contributed by atoms with van der Waals surface area (Å²) in [6, 6.07) is 8.70. The Morgan fingerprint density at radius 1 is 1.30 bits per heavy atom. The molecule has 1 fully saturated rings. The van der Waals surface area contributed by atoms with Gasteiger partial charge in [-0.2, -0.15) is 0 Å². The van der Waals surface area contributed by atoms with Crippen molar-refractivity contribution < 1.29 is 4.79 Å². The van der Waals surface area contributed by atoms with Gasteiger partial charge in [0, 0.05) is 13.1 Å². The predicted octanol–water partition coefficient (Wildman–Crippen LogP) is 2.70. The van der Waals surface area contributed by atoms with Crippen LogP contribution in [0.5, 0.6) is 0 Å². The van der Waals surface area contributed by atoms with Gasteiger partial charge >= 0.3 is 0 Å². The van der Waals surface area contributed by atoms with Gasteiger partial charge in [-0.15, -0.1) is 12.4 Å². The molecule has 1 aliphatic heterocycles. The van der Waals surface area contributed by atoms with Crippen molar-refractivity contribution in [3.8, 4) is 0 Å². The van der Waals surface area contributed by atoms with E-state index in [0.29, 0.717) is 5.92 Å². The highest BCUT2D eigenvalue weighted by atomic mass is 35.5. The number of hydrogen-bond donors (Lipinski definition) is 2. The molecule has 0 radical (unpaired) electrons. The van der Waals surface area contributed by atoms with Crippen LogP contribution >= 0.6 is 12.4 Å². The first kappa shape index (κ1) is 17.0. The van der Waals surface area contributed by atoms with Crippen LogP contribution < -0.4 is 10.6 Å². The molecule has 4 heteroatoms. The average Bonchev–Trinajstić information content (AvgIpc) is 2.34. The lowest BCUT2D eigenvalue weighted by Crippen LogP contribution is -2.51. The first-order chi connectivity index (χ1) is 9.11. The Morgan fingerprint density at radius 3 is 2.30 bits per heavy atom. The van der Waals surface area contributed by atoms with Crippen LogP contribution in [0.15, 0.2) is 24.3 Å². The number of nitrogens with one attached hydrogen (secondary N) is 2. The quantitative estimate of drug-likeness (QED) is 0.877. The molecule has 3 nitrogen and oxygen atoms in total. The van der Waals surface area contributed by atoms with Crippen molar-refractivity contribution in [1.82, 2.24) is 10.6 Å². The lowest BCUT2D eigenvalue weighted by Gasteiger charge is -2.30. The molecule has 1 aliphatic rings. The SMILES string of the molecule is CCc1ccc(C(NC(=O)C2CNC2)C(C)C)cc1.Cl. The lowest BCUT2D eigenvalue weighted by molar-refractivity contribution is -0.127. The highest BCUT2D eigenvalue weighted by Gasteiger charge is 2.28. The van der Waals surface area contributed by atoms with E-state index in [9.17, 15) is 4.79 Å².